The van der Waals surface area contributed by atoms with Crippen LogP contribution in [0.1, 0.15) is 11.1 Å². The summed E-state index contributed by atoms with van der Waals surface area (Å²) in [6, 6.07) is 38.5. The van der Waals surface area contributed by atoms with Crippen LogP contribution in [0.2, 0.25) is 0 Å². The van der Waals surface area contributed by atoms with E-state index in [0.29, 0.717) is 0 Å². The Morgan fingerprint density at radius 2 is 1.23 bits per heavy atom. The summed E-state index contributed by atoms with van der Waals surface area (Å²) < 4.78 is 0. The van der Waals surface area contributed by atoms with Crippen molar-refractivity contribution in [2.45, 2.75) is 13.8 Å². The van der Waals surface area contributed by atoms with Gasteiger partial charge in [-0.3, -0.25) is 15.0 Å². The average molecular weight is 514 g/mol. The van der Waals surface area contributed by atoms with Gasteiger partial charge in [0.05, 0.1) is 16.9 Å². The van der Waals surface area contributed by atoms with Gasteiger partial charge in [-0.1, -0.05) is 60.7 Å². The first-order valence-corrected chi connectivity index (χ1v) is 13.5. The molecule has 3 heteroatoms. The third-order valence-electron chi connectivity index (χ3n) is 7.69. The Kier molecular flexibility index (Phi) is 5.90. The molecule has 0 spiro atoms. The van der Waals surface area contributed by atoms with Crippen molar-refractivity contribution in [3.8, 4) is 44.8 Å². The monoisotopic (exact) mass is 513 g/mol. The number of pyridine rings is 3. The first-order valence-electron chi connectivity index (χ1n) is 13.5. The molecule has 0 aliphatic heterocycles. The molecule has 0 aliphatic rings. The molecule has 0 fully saturated rings. The molecule has 3 aromatic heterocycles. The number of benzene rings is 4. The summed E-state index contributed by atoms with van der Waals surface area (Å²) in [7, 11) is 0. The molecule has 0 saturated heterocycles. The van der Waals surface area contributed by atoms with Gasteiger partial charge in [-0.25, -0.2) is 0 Å². The van der Waals surface area contributed by atoms with Crippen molar-refractivity contribution in [2.75, 3.05) is 0 Å². The molecule has 0 N–H and O–H groups in total. The summed E-state index contributed by atoms with van der Waals surface area (Å²) in [4.78, 5) is 14.0. The number of hydrogen-bond donors (Lipinski definition) is 0. The van der Waals surface area contributed by atoms with Gasteiger partial charge in [-0.15, -0.1) is 0 Å². The van der Waals surface area contributed by atoms with Crippen molar-refractivity contribution >= 4 is 21.7 Å². The maximum Gasteiger partial charge on any atom is 0.0714 e. The quantitative estimate of drug-likeness (QED) is 0.220. The van der Waals surface area contributed by atoms with E-state index in [1.807, 2.05) is 42.9 Å². The summed E-state index contributed by atoms with van der Waals surface area (Å²) in [6.07, 6.45) is 5.59. The van der Waals surface area contributed by atoms with Crippen LogP contribution in [0, 0.1) is 13.8 Å². The van der Waals surface area contributed by atoms with E-state index in [2.05, 4.69) is 109 Å². The van der Waals surface area contributed by atoms with Gasteiger partial charge in [-0.05, 0) is 107 Å². The lowest BCUT2D eigenvalue weighted by Gasteiger charge is -2.16. The van der Waals surface area contributed by atoms with Gasteiger partial charge in [0, 0.05) is 35.1 Å². The summed E-state index contributed by atoms with van der Waals surface area (Å²) >= 11 is 0. The lowest BCUT2D eigenvalue weighted by Crippen LogP contribution is -1.93. The molecule has 7 rings (SSSR count). The summed E-state index contributed by atoms with van der Waals surface area (Å²) in [5.41, 5.74) is 12.4. The van der Waals surface area contributed by atoms with Gasteiger partial charge < -0.3 is 0 Å². The van der Waals surface area contributed by atoms with Crippen LogP contribution in [0.15, 0.2) is 128 Å². The molecule has 40 heavy (non-hydrogen) atoms. The van der Waals surface area contributed by atoms with Gasteiger partial charge >= 0.3 is 0 Å². The first-order chi connectivity index (χ1) is 19.7. The van der Waals surface area contributed by atoms with Crippen LogP contribution >= 0.6 is 0 Å². The molecular weight excluding hydrogens is 486 g/mol. The predicted octanol–water partition coefficient (Wildman–Crippen LogP) is 9.46. The fraction of sp³-hybridized carbons (Fsp3) is 0.0541. The number of hydrogen-bond acceptors (Lipinski definition) is 3. The third kappa shape index (κ3) is 4.22. The van der Waals surface area contributed by atoms with Crippen LogP contribution in [0.3, 0.4) is 0 Å². The highest BCUT2D eigenvalue weighted by Gasteiger charge is 2.15. The molecule has 0 bridgehead atoms. The first kappa shape index (κ1) is 23.9. The van der Waals surface area contributed by atoms with E-state index in [-0.39, 0.29) is 0 Å². The second-order valence-corrected chi connectivity index (χ2v) is 10.2. The van der Waals surface area contributed by atoms with Crippen molar-refractivity contribution in [1.29, 1.82) is 0 Å². The molecule has 0 atom stereocenters. The van der Waals surface area contributed by atoms with E-state index in [9.17, 15) is 0 Å². The number of aryl methyl sites for hydroxylation is 1. The molecule has 3 heterocycles. The fourth-order valence-corrected chi connectivity index (χ4v) is 5.67. The third-order valence-corrected chi connectivity index (χ3v) is 7.69. The van der Waals surface area contributed by atoms with E-state index in [1.165, 1.54) is 44.2 Å². The minimum Gasteiger partial charge on any atom is -0.256 e. The van der Waals surface area contributed by atoms with Crippen molar-refractivity contribution in [3.63, 3.8) is 0 Å². The second kappa shape index (κ2) is 9.87. The maximum atomic E-state index is 4.74. The summed E-state index contributed by atoms with van der Waals surface area (Å²) in [5, 5.41) is 3.54. The fourth-order valence-electron chi connectivity index (χ4n) is 5.67. The highest BCUT2D eigenvalue weighted by molar-refractivity contribution is 6.14. The molecule has 0 aliphatic carbocycles. The zero-order chi connectivity index (χ0) is 27.1. The van der Waals surface area contributed by atoms with Crippen LogP contribution in [0.4, 0.5) is 0 Å². The van der Waals surface area contributed by atoms with Gasteiger partial charge in [0.25, 0.3) is 0 Å². The number of fused-ring (bicyclic) bond motifs is 3. The normalized spacial score (nSPS) is 11.2. The molecule has 4 aromatic carbocycles. The Labute approximate surface area is 233 Å². The predicted molar refractivity (Wildman–Crippen MR) is 166 cm³/mol. The van der Waals surface area contributed by atoms with Crippen molar-refractivity contribution in [1.82, 2.24) is 15.0 Å². The smallest absolute Gasteiger partial charge is 0.0714 e. The Morgan fingerprint density at radius 1 is 0.425 bits per heavy atom. The lowest BCUT2D eigenvalue weighted by atomic mass is 9.88. The second-order valence-electron chi connectivity index (χ2n) is 10.2. The topological polar surface area (TPSA) is 38.7 Å². The van der Waals surface area contributed by atoms with E-state index >= 15 is 0 Å². The van der Waals surface area contributed by atoms with Crippen molar-refractivity contribution in [2.24, 2.45) is 0 Å². The van der Waals surface area contributed by atoms with E-state index in [0.717, 1.165) is 33.4 Å². The van der Waals surface area contributed by atoms with Crippen LogP contribution in [0.25, 0.3) is 66.4 Å². The summed E-state index contributed by atoms with van der Waals surface area (Å²) in [5.74, 6) is 0. The molecule has 0 saturated carbocycles. The number of rotatable bonds is 4. The van der Waals surface area contributed by atoms with Gasteiger partial charge in [0.2, 0.25) is 0 Å². The van der Waals surface area contributed by atoms with E-state index < -0.39 is 0 Å². The molecule has 190 valence electrons. The van der Waals surface area contributed by atoms with Crippen LogP contribution < -0.4 is 0 Å². The molecular formula is C37H27N3. The van der Waals surface area contributed by atoms with Gasteiger partial charge in [0.15, 0.2) is 0 Å². The van der Waals surface area contributed by atoms with Crippen LogP contribution in [-0.4, -0.2) is 15.0 Å². The number of aromatic nitrogens is 3. The Bertz CT molecular complexity index is 2030. The lowest BCUT2D eigenvalue weighted by molar-refractivity contribution is 1.29. The molecule has 7 aromatic rings. The molecule has 0 radical (unpaired) electrons. The zero-order valence-corrected chi connectivity index (χ0v) is 22.5. The Balaban J connectivity index is 1.44. The van der Waals surface area contributed by atoms with Gasteiger partial charge in [0.1, 0.15) is 0 Å². The SMILES string of the molecule is Cc1ccnc(-c2cccc(-c3cccc(-c4cc5ncccc5c5ccc(-c6ccccn6)cc45)c3C)c2)c1. The zero-order valence-electron chi connectivity index (χ0n) is 22.5. The summed E-state index contributed by atoms with van der Waals surface area (Å²) in [6.45, 7) is 4.32. The van der Waals surface area contributed by atoms with Crippen LogP contribution in [-0.2, 0) is 0 Å². The molecule has 0 unspecified atom stereocenters. The Morgan fingerprint density at radius 3 is 2.10 bits per heavy atom. The highest BCUT2D eigenvalue weighted by Crippen LogP contribution is 2.40. The molecule has 0 amide bonds. The van der Waals surface area contributed by atoms with Gasteiger partial charge in [-0.2, -0.15) is 0 Å². The average Bonchev–Trinajstić information content (AvgIpc) is 3.01. The largest absolute Gasteiger partial charge is 0.256 e. The molecule has 3 nitrogen and oxygen atoms in total. The highest BCUT2D eigenvalue weighted by atomic mass is 14.7. The van der Waals surface area contributed by atoms with Crippen molar-refractivity contribution < 1.29 is 0 Å². The van der Waals surface area contributed by atoms with E-state index in [1.54, 1.807) is 0 Å². The maximum absolute atomic E-state index is 4.74. The minimum atomic E-state index is 0.966. The standard InChI is InChI=1S/C37H27N3/c1-24-16-19-40-36(20-24)27-9-5-8-26(21-27)29-10-6-11-30(25(29)2)34-23-37-32(12-7-18-39-37)31-15-14-28(22-33(31)34)35-13-3-4-17-38-35/h3-23H,1-2H3. The van der Waals surface area contributed by atoms with Crippen LogP contribution in [0.5, 0.6) is 0 Å². The Hall–Kier alpha value is -5.15. The minimum absolute atomic E-state index is 0.966. The number of nitrogens with zero attached hydrogens (tertiary/aromatic N) is 3. The van der Waals surface area contributed by atoms with E-state index in [4.69, 9.17) is 4.98 Å². The van der Waals surface area contributed by atoms with Crippen molar-refractivity contribution in [3.05, 3.63) is 139 Å².